The Hall–Kier alpha value is -2.99. The van der Waals surface area contributed by atoms with Gasteiger partial charge in [-0.15, -0.1) is 6.58 Å². The molecule has 0 bridgehead atoms. The summed E-state index contributed by atoms with van der Waals surface area (Å²) in [5, 5.41) is 1.55. The predicted octanol–water partition coefficient (Wildman–Crippen LogP) is 4.46. The van der Waals surface area contributed by atoms with Crippen molar-refractivity contribution in [2.24, 2.45) is 0 Å². The number of thioether (sulfide) groups is 1. The monoisotopic (exact) mass is 377 g/mol. The fourth-order valence-electron chi connectivity index (χ4n) is 3.16. The number of hydrogen-bond donors (Lipinski definition) is 1. The number of ether oxygens (including phenoxy) is 1. The van der Waals surface area contributed by atoms with Crippen LogP contribution in [-0.2, 0) is 0 Å². The second-order valence-electron chi connectivity index (χ2n) is 6.20. The van der Waals surface area contributed by atoms with Gasteiger partial charge in [-0.3, -0.25) is 4.79 Å². The Kier molecular flexibility index (Phi) is 4.49. The minimum Gasteiger partial charge on any atom is -0.495 e. The van der Waals surface area contributed by atoms with Crippen LogP contribution in [0.1, 0.15) is 5.56 Å². The van der Waals surface area contributed by atoms with Crippen molar-refractivity contribution in [3.63, 3.8) is 0 Å². The Morgan fingerprint density at radius 1 is 1.30 bits per heavy atom. The molecule has 0 radical (unpaired) electrons. The van der Waals surface area contributed by atoms with E-state index >= 15 is 0 Å². The summed E-state index contributed by atoms with van der Waals surface area (Å²) in [6.07, 6.45) is 1.80. The zero-order valence-electron chi connectivity index (χ0n) is 15.2. The Balaban J connectivity index is 2.11. The number of aromatic nitrogens is 3. The molecular formula is C21H19N3O2S. The number of nitrogens with one attached hydrogen (secondary N) is 1. The van der Waals surface area contributed by atoms with Gasteiger partial charge in [0.15, 0.2) is 5.16 Å². The van der Waals surface area contributed by atoms with E-state index in [2.05, 4.69) is 11.6 Å². The highest BCUT2D eigenvalue weighted by atomic mass is 32.2. The standard InChI is InChI=1S/C21H19N3O2S/c1-4-11-27-21-23-18-14-7-5-6-8-15(14)22-19(18)20(25)24(21)16-12-13(2)9-10-17(16)26-3/h4-10,12,22H,1,11H2,2-3H3. The smallest absolute Gasteiger partial charge is 0.283 e. The molecule has 2 aromatic carbocycles. The van der Waals surface area contributed by atoms with E-state index < -0.39 is 0 Å². The molecule has 0 atom stereocenters. The Morgan fingerprint density at radius 2 is 2.11 bits per heavy atom. The van der Waals surface area contributed by atoms with E-state index in [1.165, 1.54) is 11.8 Å². The first-order valence-corrected chi connectivity index (χ1v) is 9.54. The van der Waals surface area contributed by atoms with Crippen molar-refractivity contribution in [1.29, 1.82) is 0 Å². The second kappa shape index (κ2) is 6.96. The van der Waals surface area contributed by atoms with Crippen molar-refractivity contribution in [2.45, 2.75) is 12.1 Å². The highest BCUT2D eigenvalue weighted by Crippen LogP contribution is 2.30. The summed E-state index contributed by atoms with van der Waals surface area (Å²) in [7, 11) is 1.60. The summed E-state index contributed by atoms with van der Waals surface area (Å²) in [6, 6.07) is 13.6. The minimum absolute atomic E-state index is 0.147. The van der Waals surface area contributed by atoms with Crippen LogP contribution in [0.5, 0.6) is 5.75 Å². The summed E-state index contributed by atoms with van der Waals surface area (Å²) < 4.78 is 7.14. The summed E-state index contributed by atoms with van der Waals surface area (Å²) in [4.78, 5) is 21.5. The second-order valence-corrected chi connectivity index (χ2v) is 7.19. The lowest BCUT2D eigenvalue weighted by molar-refractivity contribution is 0.411. The Morgan fingerprint density at radius 3 is 2.89 bits per heavy atom. The third-order valence-corrected chi connectivity index (χ3v) is 5.33. The highest BCUT2D eigenvalue weighted by molar-refractivity contribution is 7.99. The normalized spacial score (nSPS) is 11.2. The van der Waals surface area contributed by atoms with Gasteiger partial charge in [0.05, 0.1) is 12.8 Å². The molecule has 0 amide bonds. The van der Waals surface area contributed by atoms with Crippen LogP contribution in [0.15, 0.2) is 65.1 Å². The first-order valence-electron chi connectivity index (χ1n) is 8.56. The first kappa shape index (κ1) is 17.4. The molecule has 4 rings (SSSR count). The van der Waals surface area contributed by atoms with Gasteiger partial charge in [-0.2, -0.15) is 0 Å². The molecule has 136 valence electrons. The number of hydrogen-bond acceptors (Lipinski definition) is 4. The van der Waals surface area contributed by atoms with E-state index in [0.717, 1.165) is 16.5 Å². The molecule has 2 aromatic heterocycles. The molecule has 0 aliphatic heterocycles. The summed E-state index contributed by atoms with van der Waals surface area (Å²) in [5.74, 6) is 1.27. The van der Waals surface area contributed by atoms with Crippen molar-refractivity contribution >= 4 is 33.7 Å². The van der Waals surface area contributed by atoms with Gasteiger partial charge in [0.1, 0.15) is 16.8 Å². The molecule has 0 aliphatic carbocycles. The number of benzene rings is 2. The number of fused-ring (bicyclic) bond motifs is 3. The molecule has 0 spiro atoms. The van der Waals surface area contributed by atoms with Crippen molar-refractivity contribution in [3.05, 3.63) is 71.0 Å². The van der Waals surface area contributed by atoms with E-state index in [1.807, 2.05) is 49.4 Å². The van der Waals surface area contributed by atoms with E-state index in [0.29, 0.717) is 33.4 Å². The number of aryl methyl sites for hydroxylation is 1. The van der Waals surface area contributed by atoms with Crippen LogP contribution >= 0.6 is 11.8 Å². The van der Waals surface area contributed by atoms with Gasteiger partial charge in [-0.25, -0.2) is 9.55 Å². The quantitative estimate of drug-likeness (QED) is 0.317. The summed E-state index contributed by atoms with van der Waals surface area (Å²) in [5.41, 5.74) is 3.64. The van der Waals surface area contributed by atoms with Crippen LogP contribution in [0.25, 0.3) is 27.6 Å². The third kappa shape index (κ3) is 2.92. The predicted molar refractivity (Wildman–Crippen MR) is 111 cm³/mol. The van der Waals surface area contributed by atoms with Crippen molar-refractivity contribution in [3.8, 4) is 11.4 Å². The SMILES string of the molecule is C=CCSc1nc2c([nH]c3ccccc32)c(=O)n1-c1cc(C)ccc1OC. The first-order chi connectivity index (χ1) is 13.1. The molecular weight excluding hydrogens is 358 g/mol. The maximum atomic E-state index is 13.5. The van der Waals surface area contributed by atoms with Crippen LogP contribution in [-0.4, -0.2) is 27.4 Å². The number of para-hydroxylation sites is 1. The molecule has 0 unspecified atom stereocenters. The zero-order valence-corrected chi connectivity index (χ0v) is 16.0. The average molecular weight is 377 g/mol. The highest BCUT2D eigenvalue weighted by Gasteiger charge is 2.19. The van der Waals surface area contributed by atoms with Gasteiger partial charge >= 0.3 is 0 Å². The largest absolute Gasteiger partial charge is 0.495 e. The number of rotatable bonds is 5. The Bertz CT molecular complexity index is 1220. The summed E-state index contributed by atoms with van der Waals surface area (Å²) in [6.45, 7) is 5.77. The van der Waals surface area contributed by atoms with Gasteiger partial charge in [-0.1, -0.05) is 42.1 Å². The van der Waals surface area contributed by atoms with E-state index in [-0.39, 0.29) is 5.56 Å². The van der Waals surface area contributed by atoms with Crippen LogP contribution in [0.2, 0.25) is 0 Å². The average Bonchev–Trinajstić information content (AvgIpc) is 3.05. The zero-order chi connectivity index (χ0) is 19.0. The fraction of sp³-hybridized carbons (Fsp3) is 0.143. The maximum Gasteiger partial charge on any atom is 0.283 e. The van der Waals surface area contributed by atoms with Gasteiger partial charge in [0, 0.05) is 16.7 Å². The lowest BCUT2D eigenvalue weighted by Gasteiger charge is -2.15. The third-order valence-electron chi connectivity index (χ3n) is 4.40. The van der Waals surface area contributed by atoms with Gasteiger partial charge in [-0.05, 0) is 30.7 Å². The number of H-pyrrole nitrogens is 1. The van der Waals surface area contributed by atoms with Crippen molar-refractivity contribution in [1.82, 2.24) is 14.5 Å². The molecule has 0 fully saturated rings. The topological polar surface area (TPSA) is 59.9 Å². The number of methoxy groups -OCH3 is 1. The van der Waals surface area contributed by atoms with Crippen LogP contribution in [0.4, 0.5) is 0 Å². The molecule has 0 aliphatic rings. The van der Waals surface area contributed by atoms with E-state index in [9.17, 15) is 4.79 Å². The van der Waals surface area contributed by atoms with E-state index in [1.54, 1.807) is 17.8 Å². The molecule has 2 heterocycles. The fourth-order valence-corrected chi connectivity index (χ4v) is 3.89. The molecule has 5 nitrogen and oxygen atoms in total. The Labute approximate surface area is 160 Å². The maximum absolute atomic E-state index is 13.5. The number of nitrogens with zero attached hydrogens (tertiary/aromatic N) is 2. The van der Waals surface area contributed by atoms with Crippen molar-refractivity contribution < 1.29 is 4.74 Å². The lowest BCUT2D eigenvalue weighted by atomic mass is 10.2. The van der Waals surface area contributed by atoms with Crippen molar-refractivity contribution in [2.75, 3.05) is 12.9 Å². The molecule has 27 heavy (non-hydrogen) atoms. The molecule has 4 aromatic rings. The molecule has 1 N–H and O–H groups in total. The molecule has 0 saturated heterocycles. The van der Waals surface area contributed by atoms with E-state index in [4.69, 9.17) is 9.72 Å². The van der Waals surface area contributed by atoms with Gasteiger partial charge in [0.2, 0.25) is 0 Å². The number of aromatic amines is 1. The van der Waals surface area contributed by atoms with Gasteiger partial charge in [0.25, 0.3) is 5.56 Å². The van der Waals surface area contributed by atoms with Crippen LogP contribution in [0.3, 0.4) is 0 Å². The molecule has 0 saturated carbocycles. The summed E-state index contributed by atoms with van der Waals surface area (Å²) >= 11 is 1.47. The minimum atomic E-state index is -0.147. The van der Waals surface area contributed by atoms with Crippen LogP contribution in [0, 0.1) is 6.92 Å². The van der Waals surface area contributed by atoms with Crippen LogP contribution < -0.4 is 10.3 Å². The molecule has 6 heteroatoms. The lowest BCUT2D eigenvalue weighted by Crippen LogP contribution is -2.22. The van der Waals surface area contributed by atoms with Gasteiger partial charge < -0.3 is 9.72 Å².